The van der Waals surface area contributed by atoms with Gasteiger partial charge in [0.05, 0.1) is 0 Å². The number of carbonyl (C=O) groups excluding carboxylic acids is 1. The Labute approximate surface area is 141 Å². The summed E-state index contributed by atoms with van der Waals surface area (Å²) < 4.78 is 5.62. The van der Waals surface area contributed by atoms with Crippen molar-refractivity contribution in [1.82, 2.24) is 4.98 Å². The number of anilines is 1. The van der Waals surface area contributed by atoms with E-state index in [1.807, 2.05) is 18.2 Å². The second-order valence-electron chi connectivity index (χ2n) is 5.92. The van der Waals surface area contributed by atoms with E-state index in [-0.39, 0.29) is 11.8 Å². The van der Waals surface area contributed by atoms with Crippen LogP contribution < -0.4 is 10.1 Å². The molecule has 1 aliphatic carbocycles. The minimum absolute atomic E-state index is 0.103. The monoisotopic (exact) mass is 321 g/mol. The maximum absolute atomic E-state index is 12.2. The number of nitrogens with zero attached hydrogens (tertiary/aromatic N) is 2. The molecule has 0 spiro atoms. The van der Waals surface area contributed by atoms with E-state index in [9.17, 15) is 4.79 Å². The highest BCUT2D eigenvalue weighted by Gasteiger charge is 2.20. The minimum atomic E-state index is 0.103. The number of aromatic nitrogens is 1. The van der Waals surface area contributed by atoms with Crippen molar-refractivity contribution in [2.45, 2.75) is 32.1 Å². The maximum atomic E-state index is 12.2. The van der Waals surface area contributed by atoms with Gasteiger partial charge in [0.1, 0.15) is 17.5 Å². The van der Waals surface area contributed by atoms with E-state index in [1.54, 1.807) is 30.3 Å². The molecule has 1 N–H and O–H groups in total. The molecule has 1 aliphatic rings. The van der Waals surface area contributed by atoms with Crippen LogP contribution >= 0.6 is 0 Å². The first-order valence-electron chi connectivity index (χ1n) is 8.20. The smallest absolute Gasteiger partial charge is 0.227 e. The van der Waals surface area contributed by atoms with Crippen LogP contribution in [0.1, 0.15) is 37.8 Å². The number of hydrogen-bond acceptors (Lipinski definition) is 4. The molecule has 1 fully saturated rings. The molecule has 0 saturated heterocycles. The second-order valence-corrected chi connectivity index (χ2v) is 5.92. The Kier molecular flexibility index (Phi) is 5.07. The van der Waals surface area contributed by atoms with Crippen molar-refractivity contribution in [2.75, 3.05) is 5.32 Å². The number of amides is 1. The summed E-state index contributed by atoms with van der Waals surface area (Å²) in [4.78, 5) is 16.3. The third-order valence-electron chi connectivity index (χ3n) is 4.16. The normalized spacial score (nSPS) is 14.6. The molecule has 0 bridgehead atoms. The number of hydrogen-bond donors (Lipinski definition) is 1. The number of benzene rings is 1. The van der Waals surface area contributed by atoms with Gasteiger partial charge in [-0.3, -0.25) is 4.79 Å². The standard InChI is InChI=1S/C19H19N3O2/c20-13-16-7-4-8-18(21-16)24-17-11-9-15(10-12-17)22-19(23)14-5-2-1-3-6-14/h4,7-12,14H,1-3,5-6H2,(H,22,23). The molecule has 0 unspecified atom stereocenters. The van der Waals surface area contributed by atoms with Gasteiger partial charge >= 0.3 is 0 Å². The molecule has 3 rings (SSSR count). The van der Waals surface area contributed by atoms with Crippen LogP contribution in [0.5, 0.6) is 11.6 Å². The van der Waals surface area contributed by atoms with Crippen LogP contribution in [0.25, 0.3) is 0 Å². The SMILES string of the molecule is N#Cc1cccc(Oc2ccc(NC(=O)C3CCCCC3)cc2)n1. The lowest BCUT2D eigenvalue weighted by atomic mass is 9.88. The van der Waals surface area contributed by atoms with Crippen LogP contribution in [-0.2, 0) is 4.79 Å². The van der Waals surface area contributed by atoms with Crippen molar-refractivity contribution in [3.63, 3.8) is 0 Å². The first-order chi connectivity index (χ1) is 11.7. The van der Waals surface area contributed by atoms with Gasteiger partial charge in [-0.25, -0.2) is 4.98 Å². The largest absolute Gasteiger partial charge is 0.439 e. The molecule has 1 saturated carbocycles. The third kappa shape index (κ3) is 4.11. The molecule has 0 aliphatic heterocycles. The molecule has 1 amide bonds. The lowest BCUT2D eigenvalue weighted by Gasteiger charge is -2.20. The Hall–Kier alpha value is -2.87. The Morgan fingerprint density at radius 3 is 2.58 bits per heavy atom. The summed E-state index contributed by atoms with van der Waals surface area (Å²) in [6.07, 6.45) is 5.47. The molecule has 5 heteroatoms. The summed E-state index contributed by atoms with van der Waals surface area (Å²) in [5.41, 5.74) is 1.07. The van der Waals surface area contributed by atoms with Crippen LogP contribution in [-0.4, -0.2) is 10.9 Å². The molecule has 24 heavy (non-hydrogen) atoms. The van der Waals surface area contributed by atoms with Crippen molar-refractivity contribution in [3.8, 4) is 17.7 Å². The fraction of sp³-hybridized carbons (Fsp3) is 0.316. The summed E-state index contributed by atoms with van der Waals surface area (Å²) in [5, 5.41) is 11.8. The van der Waals surface area contributed by atoms with Crippen LogP contribution in [0, 0.1) is 17.2 Å². The first-order valence-corrected chi connectivity index (χ1v) is 8.20. The molecular weight excluding hydrogens is 302 g/mol. The number of rotatable bonds is 4. The average molecular weight is 321 g/mol. The van der Waals surface area contributed by atoms with E-state index in [1.165, 1.54) is 6.42 Å². The third-order valence-corrected chi connectivity index (χ3v) is 4.16. The number of ether oxygens (including phenoxy) is 1. The number of nitriles is 1. The Bertz CT molecular complexity index is 744. The van der Waals surface area contributed by atoms with Gasteiger partial charge < -0.3 is 10.1 Å². The predicted octanol–water partition coefficient (Wildman–Crippen LogP) is 4.26. The van der Waals surface area contributed by atoms with Gasteiger partial charge in [0, 0.05) is 17.7 Å². The zero-order valence-electron chi connectivity index (χ0n) is 13.4. The van der Waals surface area contributed by atoms with Crippen LogP contribution in [0.4, 0.5) is 5.69 Å². The second kappa shape index (κ2) is 7.60. The van der Waals surface area contributed by atoms with Gasteiger partial charge in [-0.15, -0.1) is 0 Å². The summed E-state index contributed by atoms with van der Waals surface area (Å²) in [6.45, 7) is 0. The molecule has 0 radical (unpaired) electrons. The lowest BCUT2D eigenvalue weighted by molar-refractivity contribution is -0.120. The topological polar surface area (TPSA) is 75.0 Å². The van der Waals surface area contributed by atoms with Gasteiger partial charge in [0.2, 0.25) is 11.8 Å². The number of pyridine rings is 1. The van der Waals surface area contributed by atoms with Crippen molar-refractivity contribution < 1.29 is 9.53 Å². The Morgan fingerprint density at radius 2 is 1.88 bits per heavy atom. The first kappa shape index (κ1) is 16.0. The maximum Gasteiger partial charge on any atom is 0.227 e. The quantitative estimate of drug-likeness (QED) is 0.912. The summed E-state index contributed by atoms with van der Waals surface area (Å²) in [6, 6.07) is 14.2. The highest BCUT2D eigenvalue weighted by Crippen LogP contribution is 2.26. The molecule has 1 aromatic heterocycles. The summed E-state index contributed by atoms with van der Waals surface area (Å²) in [5.74, 6) is 1.21. The number of carbonyl (C=O) groups is 1. The van der Waals surface area contributed by atoms with Crippen LogP contribution in [0.15, 0.2) is 42.5 Å². The van der Waals surface area contributed by atoms with Crippen LogP contribution in [0.3, 0.4) is 0 Å². The van der Waals surface area contributed by atoms with Gasteiger partial charge in [-0.05, 0) is 43.2 Å². The highest BCUT2D eigenvalue weighted by atomic mass is 16.5. The Morgan fingerprint density at radius 1 is 1.12 bits per heavy atom. The van der Waals surface area contributed by atoms with E-state index in [0.29, 0.717) is 17.3 Å². The number of nitrogens with one attached hydrogen (secondary N) is 1. The molecule has 0 atom stereocenters. The molecule has 1 aromatic carbocycles. The lowest BCUT2D eigenvalue weighted by Crippen LogP contribution is -2.24. The van der Waals surface area contributed by atoms with Gasteiger partial charge in [-0.1, -0.05) is 25.3 Å². The minimum Gasteiger partial charge on any atom is -0.439 e. The average Bonchev–Trinajstić information content (AvgIpc) is 2.64. The predicted molar refractivity (Wildman–Crippen MR) is 90.7 cm³/mol. The van der Waals surface area contributed by atoms with Crippen molar-refractivity contribution in [2.24, 2.45) is 5.92 Å². The summed E-state index contributed by atoms with van der Waals surface area (Å²) >= 11 is 0. The fourth-order valence-electron chi connectivity index (χ4n) is 2.87. The fourth-order valence-corrected chi connectivity index (χ4v) is 2.87. The van der Waals surface area contributed by atoms with Gasteiger partial charge in [0.15, 0.2) is 0 Å². The molecule has 5 nitrogen and oxygen atoms in total. The zero-order valence-corrected chi connectivity index (χ0v) is 13.4. The van der Waals surface area contributed by atoms with E-state index in [4.69, 9.17) is 10.00 Å². The van der Waals surface area contributed by atoms with Gasteiger partial charge in [0.25, 0.3) is 0 Å². The van der Waals surface area contributed by atoms with Crippen molar-refractivity contribution in [1.29, 1.82) is 5.26 Å². The van der Waals surface area contributed by atoms with Crippen molar-refractivity contribution in [3.05, 3.63) is 48.2 Å². The van der Waals surface area contributed by atoms with E-state index in [0.717, 1.165) is 31.4 Å². The Balaban J connectivity index is 1.60. The van der Waals surface area contributed by atoms with E-state index >= 15 is 0 Å². The summed E-state index contributed by atoms with van der Waals surface area (Å²) in [7, 11) is 0. The molecule has 1 heterocycles. The molecule has 2 aromatic rings. The molecular formula is C19H19N3O2. The molecule has 122 valence electrons. The zero-order chi connectivity index (χ0) is 16.8. The van der Waals surface area contributed by atoms with Crippen molar-refractivity contribution >= 4 is 11.6 Å². The van der Waals surface area contributed by atoms with Crippen LogP contribution in [0.2, 0.25) is 0 Å². The van der Waals surface area contributed by atoms with Gasteiger partial charge in [-0.2, -0.15) is 5.26 Å². The van der Waals surface area contributed by atoms with E-state index in [2.05, 4.69) is 10.3 Å². The highest BCUT2D eigenvalue weighted by molar-refractivity contribution is 5.92. The van der Waals surface area contributed by atoms with E-state index < -0.39 is 0 Å².